The van der Waals surface area contributed by atoms with Crippen molar-refractivity contribution in [2.24, 2.45) is 0 Å². The van der Waals surface area contributed by atoms with Gasteiger partial charge in [-0.25, -0.2) is 4.57 Å². The molecular formula is C71H136N2O7P+. The van der Waals surface area contributed by atoms with E-state index in [2.05, 4.69) is 62.5 Å². The first kappa shape index (κ1) is 79.0. The lowest BCUT2D eigenvalue weighted by Gasteiger charge is -2.27. The molecule has 1 amide bonds. The maximum Gasteiger partial charge on any atom is 0.472 e. The van der Waals surface area contributed by atoms with Gasteiger partial charge in [0.05, 0.1) is 33.8 Å². The van der Waals surface area contributed by atoms with Crippen molar-refractivity contribution < 1.29 is 37.3 Å². The molecule has 0 saturated heterocycles. The number of likely N-dealkylation sites (N-methyl/N-ethyl adjacent to an activating group) is 1. The second kappa shape index (κ2) is 61.1. The molecule has 2 N–H and O–H groups in total. The largest absolute Gasteiger partial charge is 0.472 e. The smallest absolute Gasteiger partial charge is 0.456 e. The van der Waals surface area contributed by atoms with Gasteiger partial charge in [0.15, 0.2) is 0 Å². The van der Waals surface area contributed by atoms with Crippen molar-refractivity contribution in [1.29, 1.82) is 0 Å². The number of hydrogen-bond acceptors (Lipinski definition) is 6. The van der Waals surface area contributed by atoms with Crippen molar-refractivity contribution >= 4 is 19.7 Å². The van der Waals surface area contributed by atoms with Crippen LogP contribution >= 0.6 is 7.82 Å². The van der Waals surface area contributed by atoms with Crippen molar-refractivity contribution in [3.8, 4) is 0 Å². The van der Waals surface area contributed by atoms with Crippen LogP contribution in [-0.4, -0.2) is 74.3 Å². The van der Waals surface area contributed by atoms with Crippen LogP contribution in [0, 0.1) is 0 Å². The molecule has 9 nitrogen and oxygen atoms in total. The molecule has 0 bridgehead atoms. The zero-order chi connectivity index (χ0) is 59.3. The Labute approximate surface area is 503 Å². The highest BCUT2D eigenvalue weighted by Crippen LogP contribution is 2.43. The van der Waals surface area contributed by atoms with Crippen LogP contribution < -0.4 is 5.32 Å². The van der Waals surface area contributed by atoms with Gasteiger partial charge in [-0.05, 0) is 83.1 Å². The summed E-state index contributed by atoms with van der Waals surface area (Å²) in [4.78, 5) is 37.8. The number of hydrogen-bond donors (Lipinski definition) is 2. The minimum atomic E-state index is -4.45. The zero-order valence-corrected chi connectivity index (χ0v) is 55.4. The predicted octanol–water partition coefficient (Wildman–Crippen LogP) is 22.0. The number of carbonyl (C=O) groups excluding carboxylic acids is 2. The molecule has 476 valence electrons. The summed E-state index contributed by atoms with van der Waals surface area (Å²) >= 11 is 0. The molecule has 0 aliphatic carbocycles. The number of ether oxygens (including phenoxy) is 1. The third kappa shape index (κ3) is 62.3. The van der Waals surface area contributed by atoms with Crippen molar-refractivity contribution in [1.82, 2.24) is 5.32 Å². The van der Waals surface area contributed by atoms with Crippen LogP contribution in [0.1, 0.15) is 342 Å². The summed E-state index contributed by atoms with van der Waals surface area (Å²) in [5.74, 6) is -0.504. The quantitative estimate of drug-likeness (QED) is 0.0156. The molecule has 0 radical (unpaired) electrons. The molecule has 81 heavy (non-hydrogen) atoms. The first-order valence-electron chi connectivity index (χ1n) is 35.0. The van der Waals surface area contributed by atoms with E-state index in [4.69, 9.17) is 13.8 Å². The first-order chi connectivity index (χ1) is 39.4. The maximum atomic E-state index is 13.6. The first-order valence-corrected chi connectivity index (χ1v) is 36.5. The number of allylic oxidation sites excluding steroid dienone is 7. The minimum Gasteiger partial charge on any atom is -0.456 e. The van der Waals surface area contributed by atoms with Crippen molar-refractivity contribution in [2.45, 2.75) is 354 Å². The third-order valence-electron chi connectivity index (χ3n) is 15.8. The van der Waals surface area contributed by atoms with Crippen LogP contribution in [0.4, 0.5) is 0 Å². The van der Waals surface area contributed by atoms with Crippen molar-refractivity contribution in [3.05, 3.63) is 48.6 Å². The molecule has 0 aromatic heterocycles. The molecule has 0 saturated carbocycles. The Bertz CT molecular complexity index is 1520. The number of nitrogens with zero attached hydrogens (tertiary/aromatic N) is 1. The van der Waals surface area contributed by atoms with Crippen LogP contribution in [0.25, 0.3) is 0 Å². The van der Waals surface area contributed by atoms with Gasteiger partial charge in [0.2, 0.25) is 5.91 Å². The van der Waals surface area contributed by atoms with E-state index in [1.54, 1.807) is 0 Å². The lowest BCUT2D eigenvalue weighted by Crippen LogP contribution is -2.47. The van der Waals surface area contributed by atoms with Crippen molar-refractivity contribution in [3.63, 3.8) is 0 Å². The van der Waals surface area contributed by atoms with Gasteiger partial charge in [-0.3, -0.25) is 18.6 Å². The Morgan fingerprint density at radius 3 is 1.15 bits per heavy atom. The number of amides is 1. The Morgan fingerprint density at radius 1 is 0.432 bits per heavy atom. The van der Waals surface area contributed by atoms with E-state index < -0.39 is 20.0 Å². The second-order valence-electron chi connectivity index (χ2n) is 25.1. The molecule has 0 heterocycles. The average Bonchev–Trinajstić information content (AvgIpc) is 3.44. The highest BCUT2D eigenvalue weighted by atomic mass is 31.2. The van der Waals surface area contributed by atoms with Crippen molar-refractivity contribution in [2.75, 3.05) is 40.9 Å². The van der Waals surface area contributed by atoms with E-state index >= 15 is 0 Å². The van der Waals surface area contributed by atoms with Gasteiger partial charge < -0.3 is 19.4 Å². The number of phosphoric acid groups is 1. The van der Waals surface area contributed by atoms with Crippen LogP contribution in [-0.2, 0) is 27.9 Å². The highest BCUT2D eigenvalue weighted by Gasteiger charge is 2.30. The average molecular weight is 1160 g/mol. The molecule has 0 rings (SSSR count). The summed E-state index contributed by atoms with van der Waals surface area (Å²) in [5.41, 5.74) is 0. The van der Waals surface area contributed by atoms with E-state index in [-0.39, 0.29) is 25.1 Å². The fourth-order valence-electron chi connectivity index (χ4n) is 10.3. The van der Waals surface area contributed by atoms with Gasteiger partial charge in [-0.2, -0.15) is 0 Å². The molecule has 0 aliphatic rings. The Morgan fingerprint density at radius 2 is 0.753 bits per heavy atom. The normalized spacial score (nSPS) is 13.8. The number of nitrogens with one attached hydrogen (secondary N) is 1. The zero-order valence-electron chi connectivity index (χ0n) is 54.5. The Hall–Kier alpha value is -2.03. The molecule has 0 aromatic rings. The number of rotatable bonds is 64. The fraction of sp³-hybridized carbons (Fsp3) is 0.859. The highest BCUT2D eigenvalue weighted by molar-refractivity contribution is 7.47. The maximum absolute atomic E-state index is 13.6. The number of phosphoric ester groups is 1. The molecule has 0 spiro atoms. The number of esters is 1. The summed E-state index contributed by atoms with van der Waals surface area (Å²) in [6, 6.07) is -0.853. The molecule has 0 aromatic carbocycles. The molecule has 0 fully saturated rings. The van der Waals surface area contributed by atoms with Gasteiger partial charge in [-0.15, -0.1) is 0 Å². The second-order valence-corrected chi connectivity index (χ2v) is 26.5. The van der Waals surface area contributed by atoms with E-state index in [0.29, 0.717) is 23.9 Å². The Kier molecular flexibility index (Phi) is 59.5. The predicted molar refractivity (Wildman–Crippen MR) is 351 cm³/mol. The Balaban J connectivity index is 5.02. The number of quaternary nitrogens is 1. The van der Waals surface area contributed by atoms with Gasteiger partial charge in [-0.1, -0.05) is 294 Å². The standard InChI is InChI=1S/C71H135N2O7P/c1-7-10-13-16-19-22-25-28-30-31-32-33-34-35-36-37-38-39-40-41-43-46-49-52-55-58-61-64-71(75)80-69(62-59-56-53-50-47-44-27-24-21-18-15-12-9-3)68(67-79-81(76,77)78-66-65-73(4,5)6)72-70(74)63-60-57-54-51-48-45-42-29-26-23-20-17-14-11-8-2/h20,23,26,28-30,59,62,68-69H,7-19,21-22,24-25,27,31-58,60-61,63-67H2,1-6H3,(H-,72,74,76,77)/p+1/b23-20+,29-26+,30-28+,62-59-. The van der Waals surface area contributed by atoms with Crippen LogP contribution in [0.2, 0.25) is 0 Å². The van der Waals surface area contributed by atoms with Crippen LogP contribution in [0.15, 0.2) is 48.6 Å². The fourth-order valence-corrected chi connectivity index (χ4v) is 11.1. The van der Waals surface area contributed by atoms with Gasteiger partial charge in [0.25, 0.3) is 0 Å². The third-order valence-corrected chi connectivity index (χ3v) is 16.8. The molecular weight excluding hydrogens is 1020 g/mol. The minimum absolute atomic E-state index is 0.0390. The van der Waals surface area contributed by atoms with Crippen LogP contribution in [0.5, 0.6) is 0 Å². The van der Waals surface area contributed by atoms with Gasteiger partial charge >= 0.3 is 13.8 Å². The lowest BCUT2D eigenvalue weighted by atomic mass is 10.0. The summed E-state index contributed by atoms with van der Waals surface area (Å²) < 4.78 is 30.8. The summed E-state index contributed by atoms with van der Waals surface area (Å²) in [7, 11) is 1.50. The van der Waals surface area contributed by atoms with E-state index in [9.17, 15) is 19.0 Å². The van der Waals surface area contributed by atoms with E-state index in [0.717, 1.165) is 77.0 Å². The van der Waals surface area contributed by atoms with E-state index in [1.165, 1.54) is 231 Å². The van der Waals surface area contributed by atoms with E-state index in [1.807, 2.05) is 33.3 Å². The monoisotopic (exact) mass is 1160 g/mol. The van der Waals surface area contributed by atoms with Gasteiger partial charge in [0, 0.05) is 12.8 Å². The molecule has 3 unspecified atom stereocenters. The SMILES string of the molecule is CCCCC/C=C/C=C/CCCCCCCCC(=O)NC(COP(=O)(O)OCC[N+](C)(C)C)C(/C=C\CCCCCCCCCCCCC)OC(=O)CCCCCCCCCCCCCCCCCCC/C=C/CCCCCCCC. The summed E-state index contributed by atoms with van der Waals surface area (Å²) in [5, 5.41) is 3.06. The summed E-state index contributed by atoms with van der Waals surface area (Å²) in [6.07, 6.45) is 77.0. The summed E-state index contributed by atoms with van der Waals surface area (Å²) in [6.45, 7) is 7.01. The topological polar surface area (TPSA) is 111 Å². The lowest BCUT2D eigenvalue weighted by molar-refractivity contribution is -0.870. The number of unbranched alkanes of at least 4 members (excludes halogenated alkanes) is 43. The molecule has 0 aliphatic heterocycles. The van der Waals surface area contributed by atoms with Crippen LogP contribution in [0.3, 0.4) is 0 Å². The number of carbonyl (C=O) groups is 2. The molecule has 3 atom stereocenters. The molecule has 10 heteroatoms. The van der Waals surface area contributed by atoms with Gasteiger partial charge in [0.1, 0.15) is 19.3 Å².